The molecule has 194 valence electrons. The Kier molecular flexibility index (Phi) is 5.24. The van der Waals surface area contributed by atoms with E-state index in [1.807, 2.05) is 26.0 Å². The van der Waals surface area contributed by atoms with E-state index >= 15 is 0 Å². The molecule has 0 amide bonds. The molecule has 0 saturated heterocycles. The minimum atomic E-state index is -0.726. The van der Waals surface area contributed by atoms with Crippen LogP contribution in [0, 0.1) is 63.2 Å². The van der Waals surface area contributed by atoms with Gasteiger partial charge in [0, 0.05) is 16.7 Å². The normalized spacial score (nSPS) is 46.7. The Morgan fingerprint density at radius 3 is 2.28 bits per heavy atom. The van der Waals surface area contributed by atoms with Crippen LogP contribution in [0.15, 0.2) is 23.4 Å². The van der Waals surface area contributed by atoms with E-state index in [4.69, 9.17) is 6.57 Å². The molecule has 1 N–H and O–H groups in total. The lowest BCUT2D eigenvalue weighted by Crippen LogP contribution is -2.64. The summed E-state index contributed by atoms with van der Waals surface area (Å²) < 4.78 is 0. The van der Waals surface area contributed by atoms with Crippen molar-refractivity contribution in [2.24, 2.45) is 56.7 Å². The minimum Gasteiger partial charge on any atom is -0.481 e. The maximum atomic E-state index is 14.2. The molecule has 5 nitrogen and oxygen atoms in total. The fourth-order valence-corrected chi connectivity index (χ4v) is 10.1. The van der Waals surface area contributed by atoms with Gasteiger partial charge in [-0.3, -0.25) is 9.59 Å². The lowest BCUT2D eigenvalue weighted by atomic mass is 9.35. The van der Waals surface area contributed by atoms with Crippen molar-refractivity contribution < 1.29 is 19.5 Å². The number of rotatable bonds is 1. The van der Waals surface area contributed by atoms with Gasteiger partial charge in [0.2, 0.25) is 5.70 Å². The smallest absolute Gasteiger partial charge is 0.306 e. The van der Waals surface area contributed by atoms with Crippen LogP contribution in [0.1, 0.15) is 87.0 Å². The second kappa shape index (κ2) is 7.42. The predicted molar refractivity (Wildman–Crippen MR) is 137 cm³/mol. The Morgan fingerprint density at radius 2 is 1.67 bits per heavy atom. The first-order valence-corrected chi connectivity index (χ1v) is 13.7. The Hall–Kier alpha value is -2.22. The molecule has 5 aliphatic rings. The maximum Gasteiger partial charge on any atom is 0.306 e. The van der Waals surface area contributed by atoms with Crippen LogP contribution in [0.25, 0.3) is 4.85 Å². The number of carbonyl (C=O) groups excluding carboxylic acids is 2. The SMILES string of the molecule is [C-]#[N+]C1=C[C@]2(C)C3=CC(=O)C4C5CC(C)(C)CCC5[C@@H](C(=O)O)C[C@@]4(C)[C@]3(C)CC[C@H]2C(C)(C)C1=O. The van der Waals surface area contributed by atoms with Gasteiger partial charge in [0.15, 0.2) is 11.6 Å². The van der Waals surface area contributed by atoms with Crippen molar-refractivity contribution in [2.45, 2.75) is 87.0 Å². The summed E-state index contributed by atoms with van der Waals surface area (Å²) in [5.74, 6) is -1.22. The first kappa shape index (κ1) is 25.4. The van der Waals surface area contributed by atoms with Crippen LogP contribution in [0.3, 0.4) is 0 Å². The van der Waals surface area contributed by atoms with Gasteiger partial charge in [-0.2, -0.15) is 0 Å². The maximum absolute atomic E-state index is 14.2. The summed E-state index contributed by atoms with van der Waals surface area (Å²) in [7, 11) is 0. The summed E-state index contributed by atoms with van der Waals surface area (Å²) in [5.41, 5.74) is -0.859. The molecule has 3 unspecified atom stereocenters. The molecular formula is C31H41NO4. The van der Waals surface area contributed by atoms with E-state index in [1.165, 1.54) is 0 Å². The molecule has 0 bridgehead atoms. The molecule has 0 aromatic rings. The molecule has 3 fully saturated rings. The zero-order valence-corrected chi connectivity index (χ0v) is 22.9. The van der Waals surface area contributed by atoms with Crippen molar-refractivity contribution in [1.29, 1.82) is 0 Å². The Labute approximate surface area is 215 Å². The number of carboxylic acid groups (broad SMARTS) is 1. The van der Waals surface area contributed by atoms with E-state index < -0.39 is 28.1 Å². The Bertz CT molecular complexity index is 1170. The van der Waals surface area contributed by atoms with E-state index in [1.54, 1.807) is 0 Å². The topological polar surface area (TPSA) is 75.8 Å². The fraction of sp³-hybridized carbons (Fsp3) is 0.742. The average Bonchev–Trinajstić information content (AvgIpc) is 2.76. The molecule has 0 aromatic heterocycles. The summed E-state index contributed by atoms with van der Waals surface area (Å²) in [5, 5.41) is 10.4. The zero-order valence-electron chi connectivity index (χ0n) is 22.9. The summed E-state index contributed by atoms with van der Waals surface area (Å²) in [6.45, 7) is 22.7. The molecule has 3 saturated carbocycles. The van der Waals surface area contributed by atoms with Gasteiger partial charge in [-0.25, -0.2) is 4.85 Å². The highest BCUT2D eigenvalue weighted by Gasteiger charge is 2.69. The van der Waals surface area contributed by atoms with Gasteiger partial charge in [-0.05, 0) is 78.6 Å². The number of hydrogen-bond acceptors (Lipinski definition) is 3. The van der Waals surface area contributed by atoms with Crippen LogP contribution >= 0.6 is 0 Å². The minimum absolute atomic E-state index is 0.00417. The standard InChI is InChI=1S/C31H41NO4/c1-27(2)11-9-17-18(14-27)24-21(33)13-23-29(5)16-20(32-8)25(34)28(3,4)22(29)10-12-30(23,6)31(24,7)15-19(17)26(35)36/h13,16-19,22,24H,9-12,14-15H2,1-7H3,(H,35,36)/t17?,18?,19-,22-,24?,29-,30+,31+/m0/s1. The van der Waals surface area contributed by atoms with Crippen molar-refractivity contribution in [2.75, 3.05) is 0 Å². The highest BCUT2D eigenvalue weighted by atomic mass is 16.4. The molecule has 0 aromatic carbocycles. The number of aliphatic carboxylic acids is 1. The molecule has 0 aliphatic heterocycles. The number of carboxylic acids is 1. The second-order valence-corrected chi connectivity index (χ2v) is 14.6. The van der Waals surface area contributed by atoms with Crippen LogP contribution in [-0.4, -0.2) is 22.6 Å². The first-order valence-electron chi connectivity index (χ1n) is 13.7. The second-order valence-electron chi connectivity index (χ2n) is 14.6. The van der Waals surface area contributed by atoms with Crippen molar-refractivity contribution in [3.05, 3.63) is 34.8 Å². The molecule has 0 spiro atoms. The van der Waals surface area contributed by atoms with Crippen LogP contribution in [0.4, 0.5) is 0 Å². The zero-order chi connectivity index (χ0) is 26.6. The van der Waals surface area contributed by atoms with Crippen LogP contribution in [0.2, 0.25) is 0 Å². The van der Waals surface area contributed by atoms with E-state index in [0.717, 1.165) is 37.7 Å². The van der Waals surface area contributed by atoms with Gasteiger partial charge >= 0.3 is 5.97 Å². The third-order valence-corrected chi connectivity index (χ3v) is 12.0. The summed E-state index contributed by atoms with van der Waals surface area (Å²) in [6, 6.07) is 0. The van der Waals surface area contributed by atoms with Crippen molar-refractivity contribution in [3.63, 3.8) is 0 Å². The summed E-state index contributed by atoms with van der Waals surface area (Å²) in [6.07, 6.45) is 8.65. The van der Waals surface area contributed by atoms with E-state index in [-0.39, 0.29) is 51.8 Å². The van der Waals surface area contributed by atoms with Gasteiger partial charge in [0.25, 0.3) is 0 Å². The molecule has 5 aliphatic carbocycles. The first-order chi connectivity index (χ1) is 16.5. The third-order valence-electron chi connectivity index (χ3n) is 12.0. The van der Waals surface area contributed by atoms with Gasteiger partial charge in [-0.15, -0.1) is 0 Å². The fourth-order valence-electron chi connectivity index (χ4n) is 10.1. The predicted octanol–water partition coefficient (Wildman–Crippen LogP) is 6.50. The van der Waals surface area contributed by atoms with Gasteiger partial charge in [0.1, 0.15) is 0 Å². The van der Waals surface area contributed by atoms with Crippen molar-refractivity contribution in [3.8, 4) is 0 Å². The molecule has 0 heterocycles. The number of allylic oxidation sites excluding steroid dienone is 4. The monoisotopic (exact) mass is 491 g/mol. The van der Waals surface area contributed by atoms with Gasteiger partial charge < -0.3 is 9.90 Å². The number of ketones is 2. The number of Topliss-reactive ketones (excluding diaryl/α,β-unsaturated/α-hetero) is 1. The van der Waals surface area contributed by atoms with Crippen LogP contribution in [0.5, 0.6) is 0 Å². The highest BCUT2D eigenvalue weighted by Crippen LogP contribution is 2.73. The molecule has 36 heavy (non-hydrogen) atoms. The van der Waals surface area contributed by atoms with Gasteiger partial charge in [0.05, 0.1) is 12.5 Å². The number of fused-ring (bicyclic) bond motifs is 7. The Balaban J connectivity index is 1.72. The largest absolute Gasteiger partial charge is 0.481 e. The number of hydrogen-bond donors (Lipinski definition) is 1. The number of nitrogens with zero attached hydrogens (tertiary/aromatic N) is 1. The molecular weight excluding hydrogens is 450 g/mol. The van der Waals surface area contributed by atoms with Gasteiger partial charge in [-0.1, -0.05) is 60.1 Å². The quantitative estimate of drug-likeness (QED) is 0.425. The van der Waals surface area contributed by atoms with Crippen molar-refractivity contribution in [1.82, 2.24) is 0 Å². The summed E-state index contributed by atoms with van der Waals surface area (Å²) in [4.78, 5) is 43.6. The lowest BCUT2D eigenvalue weighted by Gasteiger charge is -2.68. The van der Waals surface area contributed by atoms with E-state index in [0.29, 0.717) is 6.42 Å². The van der Waals surface area contributed by atoms with E-state index in [2.05, 4.69) is 39.5 Å². The third kappa shape index (κ3) is 3.02. The molecule has 5 heteroatoms. The van der Waals surface area contributed by atoms with Crippen LogP contribution < -0.4 is 0 Å². The van der Waals surface area contributed by atoms with Crippen LogP contribution in [-0.2, 0) is 14.4 Å². The Morgan fingerprint density at radius 1 is 1.00 bits per heavy atom. The van der Waals surface area contributed by atoms with E-state index in [9.17, 15) is 19.5 Å². The van der Waals surface area contributed by atoms with Crippen molar-refractivity contribution >= 4 is 17.5 Å². The number of carbonyl (C=O) groups is 3. The molecule has 8 atom stereocenters. The molecule has 0 radical (unpaired) electrons. The average molecular weight is 492 g/mol. The highest BCUT2D eigenvalue weighted by molar-refractivity contribution is 6.03. The lowest BCUT2D eigenvalue weighted by molar-refractivity contribution is -0.177. The molecule has 5 rings (SSSR count). The summed E-state index contributed by atoms with van der Waals surface area (Å²) >= 11 is 0.